The molecular weight excluding hydrogens is 462 g/mol. The van der Waals surface area contributed by atoms with Crippen molar-refractivity contribution in [1.29, 1.82) is 0 Å². The van der Waals surface area contributed by atoms with Crippen molar-refractivity contribution in [3.63, 3.8) is 0 Å². The lowest BCUT2D eigenvalue weighted by Gasteiger charge is -2.34. The zero-order chi connectivity index (χ0) is 25.3. The van der Waals surface area contributed by atoms with Crippen LogP contribution in [-0.2, 0) is 23.1 Å². The number of sulfonamides is 1. The average molecular weight is 496 g/mol. The summed E-state index contributed by atoms with van der Waals surface area (Å²) in [5.74, 6) is 0.0665. The van der Waals surface area contributed by atoms with Crippen LogP contribution in [0.3, 0.4) is 0 Å². The monoisotopic (exact) mass is 495 g/mol. The van der Waals surface area contributed by atoms with Gasteiger partial charge in [0, 0.05) is 37.8 Å². The molecule has 1 aromatic heterocycles. The minimum atomic E-state index is -3.75. The molecule has 0 aliphatic carbocycles. The van der Waals surface area contributed by atoms with E-state index in [0.717, 1.165) is 17.5 Å². The molecular formula is C27H33N3O4S. The topological polar surface area (TPSA) is 88.5 Å². The number of nitrogens with one attached hydrogen (secondary N) is 1. The fourth-order valence-corrected chi connectivity index (χ4v) is 6.60. The molecule has 1 fully saturated rings. The van der Waals surface area contributed by atoms with E-state index in [-0.39, 0.29) is 27.7 Å². The molecule has 2 aromatic carbocycles. The number of pyridine rings is 1. The second-order valence-electron chi connectivity index (χ2n) is 9.77. The van der Waals surface area contributed by atoms with E-state index in [9.17, 15) is 18.0 Å². The largest absolute Gasteiger partial charge is 0.348 e. The minimum Gasteiger partial charge on any atom is -0.348 e. The molecule has 1 amide bonds. The third-order valence-corrected chi connectivity index (χ3v) is 8.51. The molecule has 2 atom stereocenters. The standard InChI is InChI=1S/C27H33N3O4S/c1-5-29-17-24(27(32)28-14-21-8-6-18(2)7-9-21)26(31)23-13-22(10-11-25(23)29)35(33,34)30-15-19(3)12-20(4)16-30/h6-11,13,17,19-20H,5,12,14-16H2,1-4H3,(H,28,32)/t19-,20-/m1/s1. The Morgan fingerprint density at radius 3 is 2.34 bits per heavy atom. The minimum absolute atomic E-state index is 0.00114. The lowest BCUT2D eigenvalue weighted by Crippen LogP contribution is -2.42. The van der Waals surface area contributed by atoms with Gasteiger partial charge in [-0.3, -0.25) is 9.59 Å². The zero-order valence-corrected chi connectivity index (χ0v) is 21.6. The van der Waals surface area contributed by atoms with Crippen LogP contribution in [0.2, 0.25) is 0 Å². The second-order valence-corrected chi connectivity index (χ2v) is 11.7. The van der Waals surface area contributed by atoms with Crippen molar-refractivity contribution >= 4 is 26.8 Å². The Labute approximate surface area is 206 Å². The van der Waals surface area contributed by atoms with Crippen molar-refractivity contribution in [3.05, 3.63) is 75.6 Å². The van der Waals surface area contributed by atoms with Crippen LogP contribution in [0, 0.1) is 18.8 Å². The highest BCUT2D eigenvalue weighted by Gasteiger charge is 2.32. The number of amides is 1. The molecule has 35 heavy (non-hydrogen) atoms. The molecule has 4 rings (SSSR count). The normalized spacial score (nSPS) is 19.1. The first-order valence-electron chi connectivity index (χ1n) is 12.1. The first-order valence-corrected chi connectivity index (χ1v) is 13.5. The van der Waals surface area contributed by atoms with Gasteiger partial charge >= 0.3 is 0 Å². The molecule has 7 nitrogen and oxygen atoms in total. The molecule has 1 saturated heterocycles. The number of rotatable bonds is 6. The van der Waals surface area contributed by atoms with Crippen molar-refractivity contribution in [1.82, 2.24) is 14.2 Å². The first kappa shape index (κ1) is 25.1. The Balaban J connectivity index is 1.70. The Morgan fingerprint density at radius 1 is 1.06 bits per heavy atom. The summed E-state index contributed by atoms with van der Waals surface area (Å²) in [4.78, 5) is 26.4. The molecule has 1 aliphatic heterocycles. The summed E-state index contributed by atoms with van der Waals surface area (Å²) in [7, 11) is -3.75. The molecule has 2 heterocycles. The fraction of sp³-hybridized carbons (Fsp3) is 0.407. The van der Waals surface area contributed by atoms with Gasteiger partial charge in [-0.2, -0.15) is 4.31 Å². The van der Waals surface area contributed by atoms with Crippen molar-refractivity contribution in [2.24, 2.45) is 11.8 Å². The van der Waals surface area contributed by atoms with E-state index in [2.05, 4.69) is 19.2 Å². The van der Waals surface area contributed by atoms with Gasteiger partial charge in [0.25, 0.3) is 5.91 Å². The van der Waals surface area contributed by atoms with Gasteiger partial charge in [0.15, 0.2) is 0 Å². The third kappa shape index (κ3) is 5.18. The molecule has 0 spiro atoms. The summed E-state index contributed by atoms with van der Waals surface area (Å²) in [5.41, 5.74) is 2.19. The predicted octanol–water partition coefficient (Wildman–Crippen LogP) is 3.93. The first-order chi connectivity index (χ1) is 16.6. The van der Waals surface area contributed by atoms with E-state index >= 15 is 0 Å². The number of piperidine rings is 1. The maximum absolute atomic E-state index is 13.4. The highest BCUT2D eigenvalue weighted by atomic mass is 32.2. The van der Waals surface area contributed by atoms with Crippen LogP contribution in [0.15, 0.2) is 58.4 Å². The van der Waals surface area contributed by atoms with Crippen molar-refractivity contribution in [2.45, 2.75) is 52.1 Å². The van der Waals surface area contributed by atoms with Crippen molar-refractivity contribution in [2.75, 3.05) is 13.1 Å². The number of carbonyl (C=O) groups excluding carboxylic acids is 1. The van der Waals surface area contributed by atoms with E-state index in [1.165, 1.54) is 10.4 Å². The molecule has 1 N–H and O–H groups in total. The van der Waals surface area contributed by atoms with E-state index in [1.807, 2.05) is 38.1 Å². The smallest absolute Gasteiger partial charge is 0.257 e. The molecule has 1 aliphatic rings. The molecule has 186 valence electrons. The van der Waals surface area contributed by atoms with Crippen LogP contribution in [0.25, 0.3) is 10.9 Å². The summed E-state index contributed by atoms with van der Waals surface area (Å²) < 4.78 is 30.2. The number of carbonyl (C=O) groups is 1. The quantitative estimate of drug-likeness (QED) is 0.561. The number of nitrogens with zero attached hydrogens (tertiary/aromatic N) is 2. The number of hydrogen-bond acceptors (Lipinski definition) is 4. The molecule has 8 heteroatoms. The van der Waals surface area contributed by atoms with Gasteiger partial charge in [-0.05, 0) is 55.9 Å². The van der Waals surface area contributed by atoms with Crippen LogP contribution in [0.5, 0.6) is 0 Å². The zero-order valence-electron chi connectivity index (χ0n) is 20.7. The Bertz CT molecular complexity index is 1400. The Morgan fingerprint density at radius 2 is 1.71 bits per heavy atom. The summed E-state index contributed by atoms with van der Waals surface area (Å²) in [5, 5.41) is 3.05. The highest BCUT2D eigenvalue weighted by molar-refractivity contribution is 7.89. The van der Waals surface area contributed by atoms with Crippen LogP contribution in [0.1, 0.15) is 48.7 Å². The van der Waals surface area contributed by atoms with Crippen molar-refractivity contribution < 1.29 is 13.2 Å². The van der Waals surface area contributed by atoms with Gasteiger partial charge in [0.2, 0.25) is 15.5 Å². The van der Waals surface area contributed by atoms with E-state index in [4.69, 9.17) is 0 Å². The van der Waals surface area contributed by atoms with Gasteiger partial charge in [-0.15, -0.1) is 0 Å². The Hall–Kier alpha value is -2.97. The molecule has 0 radical (unpaired) electrons. The number of benzene rings is 2. The summed E-state index contributed by atoms with van der Waals surface area (Å²) in [6.07, 6.45) is 2.54. The van der Waals surface area contributed by atoms with Crippen LogP contribution >= 0.6 is 0 Å². The van der Waals surface area contributed by atoms with Gasteiger partial charge in [-0.25, -0.2) is 8.42 Å². The van der Waals surface area contributed by atoms with E-state index in [1.54, 1.807) is 22.9 Å². The fourth-order valence-electron chi connectivity index (χ4n) is 4.89. The van der Waals surface area contributed by atoms with Crippen LogP contribution in [0.4, 0.5) is 0 Å². The number of fused-ring (bicyclic) bond motifs is 1. The van der Waals surface area contributed by atoms with Crippen LogP contribution < -0.4 is 10.7 Å². The highest BCUT2D eigenvalue weighted by Crippen LogP contribution is 2.28. The molecule has 0 unspecified atom stereocenters. The Kier molecular flexibility index (Phi) is 7.15. The average Bonchev–Trinajstić information content (AvgIpc) is 2.83. The molecule has 0 saturated carbocycles. The molecule has 0 bridgehead atoms. The summed E-state index contributed by atoms with van der Waals surface area (Å²) in [6, 6.07) is 12.4. The second kappa shape index (κ2) is 9.95. The van der Waals surface area contributed by atoms with Gasteiger partial charge in [-0.1, -0.05) is 43.7 Å². The number of aryl methyl sites for hydroxylation is 2. The number of aromatic nitrogens is 1. The molecule has 3 aromatic rings. The van der Waals surface area contributed by atoms with Gasteiger partial charge in [0.1, 0.15) is 5.56 Å². The van der Waals surface area contributed by atoms with Gasteiger partial charge in [0.05, 0.1) is 10.4 Å². The third-order valence-electron chi connectivity index (χ3n) is 6.68. The lowest BCUT2D eigenvalue weighted by atomic mass is 9.94. The summed E-state index contributed by atoms with van der Waals surface area (Å²) in [6.45, 7) is 9.77. The summed E-state index contributed by atoms with van der Waals surface area (Å²) >= 11 is 0. The maximum Gasteiger partial charge on any atom is 0.257 e. The number of hydrogen-bond donors (Lipinski definition) is 1. The van der Waals surface area contributed by atoms with Crippen molar-refractivity contribution in [3.8, 4) is 0 Å². The van der Waals surface area contributed by atoms with Crippen LogP contribution in [-0.4, -0.2) is 36.3 Å². The predicted molar refractivity (Wildman–Crippen MR) is 138 cm³/mol. The SMILES string of the molecule is CCn1cc(C(=O)NCc2ccc(C)cc2)c(=O)c2cc(S(=O)(=O)N3C[C@H](C)C[C@@H](C)C3)ccc21. The maximum atomic E-state index is 13.4. The van der Waals surface area contributed by atoms with Gasteiger partial charge < -0.3 is 9.88 Å². The lowest BCUT2D eigenvalue weighted by molar-refractivity contribution is 0.0949. The van der Waals surface area contributed by atoms with E-state index in [0.29, 0.717) is 31.7 Å². The van der Waals surface area contributed by atoms with E-state index < -0.39 is 21.4 Å².